The lowest BCUT2D eigenvalue weighted by atomic mass is 10.2. The van der Waals surface area contributed by atoms with Gasteiger partial charge in [0.15, 0.2) is 0 Å². The first-order chi connectivity index (χ1) is 11.9. The van der Waals surface area contributed by atoms with Crippen LogP contribution in [0, 0.1) is 11.3 Å². The second kappa shape index (κ2) is 8.29. The molecule has 8 heteroatoms. The SMILES string of the molecule is COc1ccc(Cl)cc1NC(=O)/C(C#N)=C\Nc1cc(Cl)ccc1O. The summed E-state index contributed by atoms with van der Waals surface area (Å²) < 4.78 is 5.13. The van der Waals surface area contributed by atoms with E-state index in [0.717, 1.165) is 6.20 Å². The number of amides is 1. The molecule has 0 fully saturated rings. The van der Waals surface area contributed by atoms with Crippen LogP contribution in [0.25, 0.3) is 0 Å². The third-order valence-corrected chi connectivity index (χ3v) is 3.58. The number of carbonyl (C=O) groups excluding carboxylic acids is 1. The predicted molar refractivity (Wildman–Crippen MR) is 97.1 cm³/mol. The van der Waals surface area contributed by atoms with Gasteiger partial charge in [-0.2, -0.15) is 5.26 Å². The van der Waals surface area contributed by atoms with Crippen molar-refractivity contribution in [3.8, 4) is 17.6 Å². The molecule has 0 unspecified atom stereocenters. The molecule has 0 saturated heterocycles. The van der Waals surface area contributed by atoms with Gasteiger partial charge >= 0.3 is 0 Å². The number of rotatable bonds is 5. The highest BCUT2D eigenvalue weighted by Crippen LogP contribution is 2.29. The van der Waals surface area contributed by atoms with Crippen molar-refractivity contribution < 1.29 is 14.6 Å². The first-order valence-corrected chi connectivity index (χ1v) is 7.70. The van der Waals surface area contributed by atoms with E-state index in [2.05, 4.69) is 10.6 Å². The fourth-order valence-corrected chi connectivity index (χ4v) is 2.23. The lowest BCUT2D eigenvalue weighted by Crippen LogP contribution is -2.15. The van der Waals surface area contributed by atoms with Crippen LogP contribution in [0.15, 0.2) is 48.2 Å². The van der Waals surface area contributed by atoms with Crippen LogP contribution in [0.1, 0.15) is 0 Å². The van der Waals surface area contributed by atoms with Crippen molar-refractivity contribution in [3.63, 3.8) is 0 Å². The van der Waals surface area contributed by atoms with E-state index in [1.165, 1.54) is 31.4 Å². The maximum absolute atomic E-state index is 12.3. The molecule has 0 heterocycles. The molecule has 3 N–H and O–H groups in total. The Morgan fingerprint density at radius 3 is 2.48 bits per heavy atom. The van der Waals surface area contributed by atoms with Crippen LogP contribution < -0.4 is 15.4 Å². The number of nitriles is 1. The average Bonchev–Trinajstić information content (AvgIpc) is 2.58. The molecular weight excluding hydrogens is 365 g/mol. The molecule has 0 aliphatic carbocycles. The van der Waals surface area contributed by atoms with E-state index in [1.807, 2.05) is 0 Å². The summed E-state index contributed by atoms with van der Waals surface area (Å²) >= 11 is 11.7. The number of nitrogens with zero attached hydrogens (tertiary/aromatic N) is 1. The third-order valence-electron chi connectivity index (χ3n) is 3.11. The van der Waals surface area contributed by atoms with Crippen molar-refractivity contribution in [2.75, 3.05) is 17.7 Å². The van der Waals surface area contributed by atoms with E-state index in [-0.39, 0.29) is 17.0 Å². The zero-order valence-corrected chi connectivity index (χ0v) is 14.5. The number of nitrogens with one attached hydrogen (secondary N) is 2. The van der Waals surface area contributed by atoms with Crippen LogP contribution in [0.2, 0.25) is 10.0 Å². The van der Waals surface area contributed by atoms with Crippen molar-refractivity contribution in [1.82, 2.24) is 0 Å². The van der Waals surface area contributed by atoms with E-state index in [4.69, 9.17) is 27.9 Å². The molecule has 0 aromatic heterocycles. The number of phenolic OH excluding ortho intramolecular Hbond substituents is 1. The fourth-order valence-electron chi connectivity index (χ4n) is 1.89. The first-order valence-electron chi connectivity index (χ1n) is 6.95. The van der Waals surface area contributed by atoms with Gasteiger partial charge in [0, 0.05) is 16.2 Å². The third kappa shape index (κ3) is 4.80. The zero-order valence-electron chi connectivity index (χ0n) is 13.0. The molecule has 1 amide bonds. The predicted octanol–water partition coefficient (Wildman–Crippen LogP) is 4.17. The molecule has 0 aliphatic heterocycles. The molecule has 2 aromatic rings. The molecule has 6 nitrogen and oxygen atoms in total. The number of hydrogen-bond donors (Lipinski definition) is 3. The smallest absolute Gasteiger partial charge is 0.267 e. The molecule has 0 saturated carbocycles. The molecule has 0 aliphatic rings. The van der Waals surface area contributed by atoms with Crippen molar-refractivity contribution >= 4 is 40.5 Å². The van der Waals surface area contributed by atoms with Gasteiger partial charge in [0.2, 0.25) is 0 Å². The maximum Gasteiger partial charge on any atom is 0.267 e. The standard InChI is InChI=1S/C17H13Cl2N3O3/c1-25-16-5-3-12(19)7-14(16)22-17(24)10(8-20)9-21-13-6-11(18)2-4-15(13)23/h2-7,9,21,23H,1H3,(H,22,24)/b10-9-. The molecule has 0 bridgehead atoms. The summed E-state index contributed by atoms with van der Waals surface area (Å²) in [5, 5.41) is 24.9. The summed E-state index contributed by atoms with van der Waals surface area (Å²) in [6.45, 7) is 0. The molecule has 2 rings (SSSR count). The number of methoxy groups -OCH3 is 1. The largest absolute Gasteiger partial charge is 0.506 e. The fraction of sp³-hybridized carbons (Fsp3) is 0.0588. The minimum atomic E-state index is -0.669. The van der Waals surface area contributed by atoms with Crippen molar-refractivity contribution in [2.45, 2.75) is 0 Å². The Morgan fingerprint density at radius 1 is 1.20 bits per heavy atom. The van der Waals surface area contributed by atoms with Crippen LogP contribution in [-0.4, -0.2) is 18.1 Å². The van der Waals surface area contributed by atoms with E-state index >= 15 is 0 Å². The Kier molecular flexibility index (Phi) is 6.12. The topological polar surface area (TPSA) is 94.4 Å². The van der Waals surface area contributed by atoms with Gasteiger partial charge in [-0.3, -0.25) is 4.79 Å². The molecule has 128 valence electrons. The van der Waals surface area contributed by atoms with Crippen LogP contribution in [0.5, 0.6) is 11.5 Å². The van der Waals surface area contributed by atoms with Gasteiger partial charge in [-0.25, -0.2) is 0 Å². The van der Waals surface area contributed by atoms with E-state index in [0.29, 0.717) is 21.5 Å². The van der Waals surface area contributed by atoms with Gasteiger partial charge in [-0.15, -0.1) is 0 Å². The van der Waals surface area contributed by atoms with Gasteiger partial charge in [0.25, 0.3) is 5.91 Å². The van der Waals surface area contributed by atoms with Crippen molar-refractivity contribution in [3.05, 3.63) is 58.2 Å². The van der Waals surface area contributed by atoms with Crippen LogP contribution >= 0.6 is 23.2 Å². The van der Waals surface area contributed by atoms with E-state index in [1.54, 1.807) is 18.2 Å². The normalized spacial score (nSPS) is 10.7. The summed E-state index contributed by atoms with van der Waals surface area (Å²) in [4.78, 5) is 12.3. The number of phenols is 1. The number of hydrogen-bond acceptors (Lipinski definition) is 5. The minimum absolute atomic E-state index is 0.0742. The Labute approximate surface area is 154 Å². The van der Waals surface area contributed by atoms with E-state index in [9.17, 15) is 15.2 Å². The van der Waals surface area contributed by atoms with Crippen LogP contribution in [0.3, 0.4) is 0 Å². The first kappa shape index (κ1) is 18.5. The van der Waals surface area contributed by atoms with Gasteiger partial charge in [0.05, 0.1) is 18.5 Å². The van der Waals surface area contributed by atoms with Gasteiger partial charge in [-0.05, 0) is 36.4 Å². The number of ether oxygens (including phenoxy) is 1. The summed E-state index contributed by atoms with van der Waals surface area (Å²) in [5.74, 6) is -0.345. The quantitative estimate of drug-likeness (QED) is 0.413. The number of benzene rings is 2. The van der Waals surface area contributed by atoms with Crippen molar-refractivity contribution in [2.24, 2.45) is 0 Å². The van der Waals surface area contributed by atoms with E-state index < -0.39 is 5.91 Å². The Balaban J connectivity index is 2.20. The summed E-state index contributed by atoms with van der Waals surface area (Å²) in [7, 11) is 1.45. The second-order valence-corrected chi connectivity index (χ2v) is 5.65. The highest BCUT2D eigenvalue weighted by Gasteiger charge is 2.13. The molecule has 0 radical (unpaired) electrons. The molecular formula is C17H13Cl2N3O3. The van der Waals surface area contributed by atoms with Gasteiger partial charge < -0.3 is 20.5 Å². The highest BCUT2D eigenvalue weighted by atomic mass is 35.5. The van der Waals surface area contributed by atoms with Crippen LogP contribution in [-0.2, 0) is 4.79 Å². The Bertz CT molecular complexity index is 876. The van der Waals surface area contributed by atoms with Crippen molar-refractivity contribution in [1.29, 1.82) is 5.26 Å². The van der Waals surface area contributed by atoms with Crippen LogP contribution in [0.4, 0.5) is 11.4 Å². The monoisotopic (exact) mass is 377 g/mol. The van der Waals surface area contributed by atoms with Gasteiger partial charge in [-0.1, -0.05) is 23.2 Å². The Morgan fingerprint density at radius 2 is 1.84 bits per heavy atom. The maximum atomic E-state index is 12.3. The summed E-state index contributed by atoms with van der Waals surface area (Å²) in [6.07, 6.45) is 1.16. The number of carbonyl (C=O) groups is 1. The second-order valence-electron chi connectivity index (χ2n) is 4.77. The summed E-state index contributed by atoms with van der Waals surface area (Å²) in [5.41, 5.74) is 0.363. The zero-order chi connectivity index (χ0) is 18.4. The molecule has 2 aromatic carbocycles. The number of anilines is 2. The lowest BCUT2D eigenvalue weighted by molar-refractivity contribution is -0.112. The molecule has 0 atom stereocenters. The van der Waals surface area contributed by atoms with Gasteiger partial charge in [0.1, 0.15) is 23.1 Å². The number of aromatic hydroxyl groups is 1. The summed E-state index contributed by atoms with van der Waals surface area (Å²) in [6, 6.07) is 10.8. The Hall–Kier alpha value is -2.88. The average molecular weight is 378 g/mol. The highest BCUT2D eigenvalue weighted by molar-refractivity contribution is 6.31. The molecule has 25 heavy (non-hydrogen) atoms. The lowest BCUT2D eigenvalue weighted by Gasteiger charge is -2.10. The minimum Gasteiger partial charge on any atom is -0.506 e. The number of halogens is 2. The molecule has 0 spiro atoms.